The van der Waals surface area contributed by atoms with Gasteiger partial charge >= 0.3 is 0 Å². The van der Waals surface area contributed by atoms with E-state index in [-0.39, 0.29) is 5.91 Å². The third-order valence-corrected chi connectivity index (χ3v) is 3.87. The van der Waals surface area contributed by atoms with Crippen LogP contribution in [-0.2, 0) is 4.79 Å². The highest BCUT2D eigenvalue weighted by atomic mass is 32.2. The van der Waals surface area contributed by atoms with Crippen LogP contribution in [0.5, 0.6) is 0 Å². The van der Waals surface area contributed by atoms with Crippen LogP contribution in [0.25, 0.3) is 0 Å². The highest BCUT2D eigenvalue weighted by molar-refractivity contribution is 7.99. The van der Waals surface area contributed by atoms with Crippen LogP contribution < -0.4 is 5.32 Å². The molecule has 0 spiro atoms. The quantitative estimate of drug-likeness (QED) is 0.541. The topological polar surface area (TPSA) is 52.6 Å². The first-order chi connectivity index (χ1) is 9.90. The number of nitrogens with zero attached hydrogens (tertiary/aromatic N) is 1. The number of hydrogen-bond acceptors (Lipinski definition) is 4. The number of likely N-dealkylation sites (N-methyl/N-ethyl adjacent to an activating group) is 1. The molecule has 0 bridgehead atoms. The van der Waals surface area contributed by atoms with E-state index in [0.717, 1.165) is 12.3 Å². The third-order valence-electron chi connectivity index (χ3n) is 2.86. The molecule has 0 radical (unpaired) electrons. The predicted molar refractivity (Wildman–Crippen MR) is 88.6 cm³/mol. The van der Waals surface area contributed by atoms with Gasteiger partial charge in [-0.25, -0.2) is 0 Å². The fourth-order valence-corrected chi connectivity index (χ4v) is 2.75. The first-order valence-corrected chi connectivity index (χ1v) is 8.28. The first-order valence-electron chi connectivity index (χ1n) is 7.30. The zero-order valence-electron chi connectivity index (χ0n) is 13.1. The van der Waals surface area contributed by atoms with Crippen molar-refractivity contribution in [2.45, 2.75) is 31.3 Å². The van der Waals surface area contributed by atoms with E-state index in [1.54, 1.807) is 25.6 Å². The Morgan fingerprint density at radius 3 is 2.57 bits per heavy atom. The molecule has 1 aromatic carbocycles. The summed E-state index contributed by atoms with van der Waals surface area (Å²) in [4.78, 5) is 15.0. The Balaban J connectivity index is 2.21. The van der Waals surface area contributed by atoms with E-state index in [0.29, 0.717) is 19.6 Å². The van der Waals surface area contributed by atoms with E-state index in [1.807, 2.05) is 30.0 Å². The molecular weight excluding hydrogens is 284 g/mol. The average molecular weight is 310 g/mol. The van der Waals surface area contributed by atoms with Gasteiger partial charge in [-0.1, -0.05) is 25.1 Å². The van der Waals surface area contributed by atoms with Gasteiger partial charge in [-0.05, 0) is 32.5 Å². The summed E-state index contributed by atoms with van der Waals surface area (Å²) in [5.41, 5.74) is -0.778. The van der Waals surface area contributed by atoms with Gasteiger partial charge in [0.1, 0.15) is 0 Å². The molecule has 0 saturated carbocycles. The maximum Gasteiger partial charge on any atom is 0.234 e. The van der Waals surface area contributed by atoms with Crippen molar-refractivity contribution in [2.75, 3.05) is 31.9 Å². The van der Waals surface area contributed by atoms with E-state index < -0.39 is 5.60 Å². The molecule has 0 aliphatic heterocycles. The number of thioether (sulfide) groups is 1. The Bertz CT molecular complexity index is 418. The van der Waals surface area contributed by atoms with Gasteiger partial charge in [-0.3, -0.25) is 9.69 Å². The summed E-state index contributed by atoms with van der Waals surface area (Å²) in [7, 11) is 0. The molecule has 0 heterocycles. The van der Waals surface area contributed by atoms with Gasteiger partial charge in [-0.15, -0.1) is 11.8 Å². The fraction of sp³-hybridized carbons (Fsp3) is 0.562. The summed E-state index contributed by atoms with van der Waals surface area (Å²) < 4.78 is 0. The van der Waals surface area contributed by atoms with Gasteiger partial charge in [0.25, 0.3) is 0 Å². The Morgan fingerprint density at radius 1 is 1.33 bits per heavy atom. The molecule has 0 saturated heterocycles. The van der Waals surface area contributed by atoms with Gasteiger partial charge in [-0.2, -0.15) is 0 Å². The van der Waals surface area contributed by atoms with Crippen LogP contribution in [0.3, 0.4) is 0 Å². The van der Waals surface area contributed by atoms with Crippen molar-refractivity contribution in [1.29, 1.82) is 0 Å². The van der Waals surface area contributed by atoms with Crippen LogP contribution in [0.4, 0.5) is 0 Å². The first kappa shape index (κ1) is 18.0. The minimum Gasteiger partial charge on any atom is -0.389 e. The maximum atomic E-state index is 11.9. The molecule has 5 heteroatoms. The molecule has 0 aliphatic carbocycles. The zero-order valence-corrected chi connectivity index (χ0v) is 13.9. The van der Waals surface area contributed by atoms with Crippen molar-refractivity contribution in [3.8, 4) is 0 Å². The number of benzene rings is 1. The van der Waals surface area contributed by atoms with Crippen molar-refractivity contribution in [2.24, 2.45) is 0 Å². The third kappa shape index (κ3) is 8.75. The lowest BCUT2D eigenvalue weighted by Gasteiger charge is -2.27. The molecule has 0 fully saturated rings. The second-order valence-corrected chi connectivity index (χ2v) is 6.80. The molecule has 21 heavy (non-hydrogen) atoms. The molecule has 1 aromatic rings. The maximum absolute atomic E-state index is 11.9. The van der Waals surface area contributed by atoms with Crippen molar-refractivity contribution in [3.05, 3.63) is 30.3 Å². The standard InChI is InChI=1S/C16H26N2O2S/c1-4-18(13-16(2,3)20)12-15(19)17-10-11-21-14-8-6-5-7-9-14/h5-9,20H,4,10-13H2,1-3H3,(H,17,19). The van der Waals surface area contributed by atoms with E-state index in [4.69, 9.17) is 0 Å². The van der Waals surface area contributed by atoms with Gasteiger partial charge in [0.15, 0.2) is 0 Å². The fourth-order valence-electron chi connectivity index (χ4n) is 1.96. The van der Waals surface area contributed by atoms with Gasteiger partial charge in [0.05, 0.1) is 12.1 Å². The van der Waals surface area contributed by atoms with Crippen molar-refractivity contribution in [3.63, 3.8) is 0 Å². The van der Waals surface area contributed by atoms with Crippen LogP contribution in [-0.4, -0.2) is 53.4 Å². The average Bonchev–Trinajstić information content (AvgIpc) is 2.42. The summed E-state index contributed by atoms with van der Waals surface area (Å²) in [6, 6.07) is 10.1. The van der Waals surface area contributed by atoms with Crippen LogP contribution in [0.2, 0.25) is 0 Å². The highest BCUT2D eigenvalue weighted by Gasteiger charge is 2.18. The van der Waals surface area contributed by atoms with Crippen LogP contribution in [0, 0.1) is 0 Å². The Hall–Kier alpha value is -1.04. The predicted octanol–water partition coefficient (Wildman–Crippen LogP) is 1.99. The number of carbonyl (C=O) groups is 1. The largest absolute Gasteiger partial charge is 0.389 e. The number of hydrogen-bond donors (Lipinski definition) is 2. The number of nitrogens with one attached hydrogen (secondary N) is 1. The van der Waals surface area contributed by atoms with Gasteiger partial charge in [0.2, 0.25) is 5.91 Å². The smallest absolute Gasteiger partial charge is 0.234 e. The van der Waals surface area contributed by atoms with Crippen LogP contribution in [0.15, 0.2) is 35.2 Å². The SMILES string of the molecule is CCN(CC(=O)NCCSc1ccccc1)CC(C)(C)O. The molecule has 0 unspecified atom stereocenters. The molecule has 1 amide bonds. The van der Waals surface area contributed by atoms with Gasteiger partial charge in [0, 0.05) is 23.7 Å². The molecule has 1 rings (SSSR count). The molecule has 2 N–H and O–H groups in total. The van der Waals surface area contributed by atoms with Crippen molar-refractivity contribution < 1.29 is 9.90 Å². The zero-order chi connectivity index (χ0) is 15.7. The second-order valence-electron chi connectivity index (χ2n) is 5.63. The number of rotatable bonds is 9. The van der Waals surface area contributed by atoms with E-state index in [1.165, 1.54) is 4.90 Å². The Morgan fingerprint density at radius 2 is 2.00 bits per heavy atom. The lowest BCUT2D eigenvalue weighted by Crippen LogP contribution is -2.44. The van der Waals surface area contributed by atoms with E-state index in [2.05, 4.69) is 17.4 Å². The lowest BCUT2D eigenvalue weighted by atomic mass is 10.1. The van der Waals surface area contributed by atoms with Gasteiger partial charge < -0.3 is 10.4 Å². The minimum absolute atomic E-state index is 0.00904. The summed E-state index contributed by atoms with van der Waals surface area (Å²) in [5, 5.41) is 12.7. The number of aliphatic hydroxyl groups is 1. The summed E-state index contributed by atoms with van der Waals surface area (Å²) in [6.45, 7) is 7.72. The van der Waals surface area contributed by atoms with E-state index >= 15 is 0 Å². The Kier molecular flexibility index (Phi) is 7.78. The summed E-state index contributed by atoms with van der Waals surface area (Å²) >= 11 is 1.73. The molecule has 0 aromatic heterocycles. The molecule has 118 valence electrons. The Labute approximate surface area is 131 Å². The highest BCUT2D eigenvalue weighted by Crippen LogP contribution is 2.15. The molecule has 0 aliphatic rings. The summed E-state index contributed by atoms with van der Waals surface area (Å²) in [6.07, 6.45) is 0. The summed E-state index contributed by atoms with van der Waals surface area (Å²) in [5.74, 6) is 0.864. The van der Waals surface area contributed by atoms with Crippen LogP contribution in [0.1, 0.15) is 20.8 Å². The van der Waals surface area contributed by atoms with E-state index in [9.17, 15) is 9.90 Å². The van der Waals surface area contributed by atoms with Crippen molar-refractivity contribution >= 4 is 17.7 Å². The molecule has 0 atom stereocenters. The lowest BCUT2D eigenvalue weighted by molar-refractivity contribution is -0.122. The van der Waals surface area contributed by atoms with Crippen LogP contribution >= 0.6 is 11.8 Å². The molecule has 4 nitrogen and oxygen atoms in total. The number of amides is 1. The number of carbonyl (C=O) groups excluding carboxylic acids is 1. The monoisotopic (exact) mass is 310 g/mol. The second kappa shape index (κ2) is 9.07. The van der Waals surface area contributed by atoms with Crippen molar-refractivity contribution in [1.82, 2.24) is 10.2 Å². The molecular formula is C16H26N2O2S. The minimum atomic E-state index is -0.778. The normalized spacial score (nSPS) is 11.7.